The van der Waals surface area contributed by atoms with Crippen molar-refractivity contribution in [3.05, 3.63) is 29.3 Å². The van der Waals surface area contributed by atoms with Gasteiger partial charge in [0.15, 0.2) is 5.16 Å². The highest BCUT2D eigenvalue weighted by Gasteiger charge is 2.19. The van der Waals surface area contributed by atoms with Gasteiger partial charge in [0.25, 0.3) is 0 Å². The highest BCUT2D eigenvalue weighted by Crippen LogP contribution is 2.23. The smallest absolute Gasteiger partial charge is 0.228 e. The molecule has 26 heavy (non-hydrogen) atoms. The molecule has 1 aliphatic rings. The lowest BCUT2D eigenvalue weighted by Gasteiger charge is -2.27. The van der Waals surface area contributed by atoms with Crippen molar-refractivity contribution in [3.8, 4) is 5.75 Å². The molecule has 1 saturated heterocycles. The van der Waals surface area contributed by atoms with Crippen LogP contribution in [0, 0.1) is 13.8 Å². The zero-order valence-electron chi connectivity index (χ0n) is 15.9. The molecule has 1 aromatic carbocycles. The molecule has 0 unspecified atom stereocenters. The number of benzene rings is 1. The van der Waals surface area contributed by atoms with E-state index >= 15 is 0 Å². The number of nitrogens with zero attached hydrogens (tertiary/aromatic N) is 4. The molecular weight excluding hydrogens is 348 g/mol. The average Bonchev–Trinajstić information content (AvgIpc) is 3.04. The Morgan fingerprint density at radius 2 is 1.85 bits per heavy atom. The van der Waals surface area contributed by atoms with Crippen molar-refractivity contribution in [2.75, 3.05) is 43.6 Å². The van der Waals surface area contributed by atoms with Crippen molar-refractivity contribution in [1.29, 1.82) is 0 Å². The quantitative estimate of drug-likeness (QED) is 0.520. The van der Waals surface area contributed by atoms with Crippen molar-refractivity contribution >= 4 is 17.7 Å². The van der Waals surface area contributed by atoms with Gasteiger partial charge in [-0.3, -0.25) is 4.57 Å². The van der Waals surface area contributed by atoms with Gasteiger partial charge < -0.3 is 14.4 Å². The Morgan fingerprint density at radius 1 is 1.12 bits per heavy atom. The first-order valence-corrected chi connectivity index (χ1v) is 10.3. The number of hydrogen-bond donors (Lipinski definition) is 0. The summed E-state index contributed by atoms with van der Waals surface area (Å²) in [4.78, 5) is 2.26. The van der Waals surface area contributed by atoms with Gasteiger partial charge in [0, 0.05) is 25.4 Å². The van der Waals surface area contributed by atoms with Gasteiger partial charge in [-0.15, -0.1) is 10.2 Å². The van der Waals surface area contributed by atoms with Crippen molar-refractivity contribution in [1.82, 2.24) is 14.8 Å². The lowest BCUT2D eigenvalue weighted by Crippen LogP contribution is -2.38. The zero-order valence-corrected chi connectivity index (χ0v) is 16.7. The number of anilines is 1. The van der Waals surface area contributed by atoms with Crippen LogP contribution in [0.25, 0.3) is 0 Å². The molecule has 0 saturated carbocycles. The maximum Gasteiger partial charge on any atom is 0.228 e. The molecule has 142 valence electrons. The van der Waals surface area contributed by atoms with Gasteiger partial charge in [0.05, 0.1) is 19.8 Å². The van der Waals surface area contributed by atoms with E-state index in [1.165, 1.54) is 11.1 Å². The fraction of sp³-hybridized carbons (Fsp3) is 0.579. The third kappa shape index (κ3) is 4.92. The average molecular weight is 377 g/mol. The second kappa shape index (κ2) is 9.28. The first kappa shape index (κ1) is 19.0. The summed E-state index contributed by atoms with van der Waals surface area (Å²) in [6.45, 7) is 11.2. The van der Waals surface area contributed by atoms with E-state index in [1.807, 2.05) is 0 Å². The van der Waals surface area contributed by atoms with Crippen LogP contribution in [0.2, 0.25) is 0 Å². The molecule has 0 bridgehead atoms. The van der Waals surface area contributed by atoms with Gasteiger partial charge in [-0.1, -0.05) is 17.8 Å². The topological polar surface area (TPSA) is 52.4 Å². The van der Waals surface area contributed by atoms with Crippen LogP contribution in [0.4, 0.5) is 5.95 Å². The predicted octanol–water partition coefficient (Wildman–Crippen LogP) is 3.31. The first-order chi connectivity index (χ1) is 12.7. The van der Waals surface area contributed by atoms with Crippen LogP contribution in [0.1, 0.15) is 24.5 Å². The van der Waals surface area contributed by atoms with Crippen molar-refractivity contribution in [2.45, 2.75) is 38.9 Å². The lowest BCUT2D eigenvalue weighted by atomic mass is 10.1. The number of ether oxygens (including phenoxy) is 2. The summed E-state index contributed by atoms with van der Waals surface area (Å²) in [5, 5.41) is 9.79. The van der Waals surface area contributed by atoms with Gasteiger partial charge in [-0.25, -0.2) is 0 Å². The normalized spacial score (nSPS) is 14.7. The Bertz CT molecular complexity index is 693. The number of aromatic nitrogens is 3. The van der Waals surface area contributed by atoms with Crippen molar-refractivity contribution < 1.29 is 9.47 Å². The number of thioether (sulfide) groups is 1. The van der Waals surface area contributed by atoms with Crippen LogP contribution < -0.4 is 9.64 Å². The molecule has 0 spiro atoms. The molecule has 2 aromatic rings. The third-order valence-corrected chi connectivity index (χ3v) is 5.34. The molecule has 6 nitrogen and oxygen atoms in total. The highest BCUT2D eigenvalue weighted by atomic mass is 32.2. The Hall–Kier alpha value is -1.73. The number of rotatable bonds is 8. The Kier molecular flexibility index (Phi) is 6.80. The van der Waals surface area contributed by atoms with E-state index in [2.05, 4.69) is 58.6 Å². The summed E-state index contributed by atoms with van der Waals surface area (Å²) in [5.41, 5.74) is 2.47. The van der Waals surface area contributed by atoms with Crippen LogP contribution >= 0.6 is 11.8 Å². The fourth-order valence-corrected chi connectivity index (χ4v) is 4.00. The van der Waals surface area contributed by atoms with E-state index < -0.39 is 0 Å². The zero-order chi connectivity index (χ0) is 18.4. The Balaban J connectivity index is 1.48. The summed E-state index contributed by atoms with van der Waals surface area (Å²) >= 11 is 1.75. The number of hydrogen-bond acceptors (Lipinski definition) is 6. The van der Waals surface area contributed by atoms with Crippen LogP contribution in [0.5, 0.6) is 5.75 Å². The van der Waals surface area contributed by atoms with Gasteiger partial charge in [-0.05, 0) is 50.5 Å². The van der Waals surface area contributed by atoms with E-state index in [1.54, 1.807) is 11.8 Å². The van der Waals surface area contributed by atoms with Gasteiger partial charge in [0.2, 0.25) is 5.95 Å². The molecule has 0 amide bonds. The molecular formula is C19H28N4O2S. The molecule has 0 N–H and O–H groups in total. The molecule has 0 atom stereocenters. The van der Waals surface area contributed by atoms with E-state index in [4.69, 9.17) is 9.47 Å². The van der Waals surface area contributed by atoms with E-state index in [0.717, 1.165) is 61.9 Å². The van der Waals surface area contributed by atoms with Crippen molar-refractivity contribution in [3.63, 3.8) is 0 Å². The molecule has 1 fully saturated rings. The minimum Gasteiger partial charge on any atom is -0.494 e. The molecule has 3 rings (SSSR count). The van der Waals surface area contributed by atoms with E-state index in [0.29, 0.717) is 6.61 Å². The maximum atomic E-state index is 5.88. The minimum absolute atomic E-state index is 0.715. The largest absolute Gasteiger partial charge is 0.494 e. The Labute approximate surface area is 159 Å². The molecule has 7 heteroatoms. The van der Waals surface area contributed by atoms with Gasteiger partial charge in [-0.2, -0.15) is 0 Å². The minimum atomic E-state index is 0.715. The van der Waals surface area contributed by atoms with Gasteiger partial charge in [0.1, 0.15) is 5.75 Å². The SMILES string of the molecule is CCn1c(SCCCOc2cc(C)cc(C)c2)nnc1N1CCOCC1. The predicted molar refractivity (Wildman–Crippen MR) is 105 cm³/mol. The second-order valence-corrected chi connectivity index (χ2v) is 7.56. The molecule has 1 aliphatic heterocycles. The second-order valence-electron chi connectivity index (χ2n) is 6.50. The summed E-state index contributed by atoms with van der Waals surface area (Å²) in [7, 11) is 0. The van der Waals surface area contributed by atoms with E-state index in [-0.39, 0.29) is 0 Å². The monoisotopic (exact) mass is 376 g/mol. The maximum absolute atomic E-state index is 5.88. The summed E-state index contributed by atoms with van der Waals surface area (Å²) in [5.74, 6) is 2.88. The van der Waals surface area contributed by atoms with Crippen LogP contribution in [0.15, 0.2) is 23.4 Å². The molecule has 0 radical (unpaired) electrons. The summed E-state index contributed by atoms with van der Waals surface area (Å²) in [6.07, 6.45) is 0.973. The molecule has 0 aliphatic carbocycles. The molecule has 2 heterocycles. The highest BCUT2D eigenvalue weighted by molar-refractivity contribution is 7.99. The van der Waals surface area contributed by atoms with Crippen LogP contribution in [-0.4, -0.2) is 53.4 Å². The van der Waals surface area contributed by atoms with Gasteiger partial charge >= 0.3 is 0 Å². The van der Waals surface area contributed by atoms with Crippen LogP contribution in [-0.2, 0) is 11.3 Å². The first-order valence-electron chi connectivity index (χ1n) is 9.27. The number of aryl methyl sites for hydroxylation is 2. The summed E-state index contributed by atoms with van der Waals surface area (Å²) < 4.78 is 13.5. The van der Waals surface area contributed by atoms with E-state index in [9.17, 15) is 0 Å². The fourth-order valence-electron chi connectivity index (χ4n) is 3.09. The third-order valence-electron chi connectivity index (χ3n) is 4.29. The lowest BCUT2D eigenvalue weighted by molar-refractivity contribution is 0.121. The Morgan fingerprint density at radius 3 is 2.54 bits per heavy atom. The molecule has 1 aromatic heterocycles. The van der Waals surface area contributed by atoms with Crippen LogP contribution in [0.3, 0.4) is 0 Å². The standard InChI is InChI=1S/C19H28N4O2S/c1-4-23-18(22-6-9-24-10-7-22)20-21-19(23)26-11-5-8-25-17-13-15(2)12-16(3)14-17/h12-14H,4-11H2,1-3H3. The van der Waals surface area contributed by atoms with Crippen molar-refractivity contribution in [2.24, 2.45) is 0 Å². The summed E-state index contributed by atoms with van der Waals surface area (Å²) in [6, 6.07) is 6.33. The number of morpholine rings is 1.